The van der Waals surface area contributed by atoms with Crippen LogP contribution in [0, 0.1) is 0 Å². The number of ether oxygens (including phenoxy) is 2. The first-order valence-corrected chi connectivity index (χ1v) is 7.83. The van der Waals surface area contributed by atoms with Gasteiger partial charge in [0.1, 0.15) is 17.0 Å². The fraction of sp³-hybridized carbons (Fsp3) is 0.429. The standard InChI is InChI=1S/C14H19N3O4S/c1-20-9-3-4-10(11(7-9)21-2)16-13(19)8-22-14-15-6-5-12(18)17-14/h3-4,7,14-15H,5-6,8H2,1-2H3,(H,16,19)(H,17,18). The van der Waals surface area contributed by atoms with Crippen LogP contribution < -0.4 is 25.4 Å². The molecule has 1 aliphatic heterocycles. The second-order valence-corrected chi connectivity index (χ2v) is 5.67. The van der Waals surface area contributed by atoms with Gasteiger partial charge >= 0.3 is 0 Å². The monoisotopic (exact) mass is 325 g/mol. The molecule has 1 aromatic rings. The molecule has 1 atom stereocenters. The molecule has 120 valence electrons. The quantitative estimate of drug-likeness (QED) is 0.716. The maximum atomic E-state index is 12.0. The fourth-order valence-electron chi connectivity index (χ4n) is 1.93. The van der Waals surface area contributed by atoms with Crippen LogP contribution in [-0.4, -0.2) is 43.8 Å². The number of nitrogens with one attached hydrogen (secondary N) is 3. The van der Waals surface area contributed by atoms with E-state index in [9.17, 15) is 9.59 Å². The van der Waals surface area contributed by atoms with Crippen LogP contribution in [0.15, 0.2) is 18.2 Å². The van der Waals surface area contributed by atoms with E-state index in [1.54, 1.807) is 25.3 Å². The maximum absolute atomic E-state index is 12.0. The Bertz CT molecular complexity index is 553. The molecule has 1 fully saturated rings. The molecule has 1 saturated heterocycles. The summed E-state index contributed by atoms with van der Waals surface area (Å²) >= 11 is 1.33. The van der Waals surface area contributed by atoms with Crippen molar-refractivity contribution in [3.63, 3.8) is 0 Å². The molecular weight excluding hydrogens is 306 g/mol. The van der Waals surface area contributed by atoms with Gasteiger partial charge in [-0.15, -0.1) is 11.8 Å². The smallest absolute Gasteiger partial charge is 0.234 e. The molecule has 2 amide bonds. The van der Waals surface area contributed by atoms with Crippen LogP contribution in [0.3, 0.4) is 0 Å². The number of methoxy groups -OCH3 is 2. The highest BCUT2D eigenvalue weighted by Gasteiger charge is 2.19. The Morgan fingerprint density at radius 2 is 2.23 bits per heavy atom. The molecule has 0 aliphatic carbocycles. The molecule has 2 rings (SSSR count). The van der Waals surface area contributed by atoms with E-state index in [1.165, 1.54) is 18.9 Å². The zero-order valence-corrected chi connectivity index (χ0v) is 13.3. The molecule has 0 spiro atoms. The first kappa shape index (κ1) is 16.4. The predicted molar refractivity (Wildman–Crippen MR) is 85.2 cm³/mol. The van der Waals surface area contributed by atoms with Crippen molar-refractivity contribution in [1.82, 2.24) is 10.6 Å². The van der Waals surface area contributed by atoms with Crippen LogP contribution in [0.4, 0.5) is 5.69 Å². The van der Waals surface area contributed by atoms with Crippen molar-refractivity contribution < 1.29 is 19.1 Å². The van der Waals surface area contributed by atoms with Gasteiger partial charge in [-0.25, -0.2) is 0 Å². The zero-order chi connectivity index (χ0) is 15.9. The van der Waals surface area contributed by atoms with Crippen LogP contribution in [-0.2, 0) is 9.59 Å². The normalized spacial score (nSPS) is 17.5. The number of carbonyl (C=O) groups is 2. The average Bonchev–Trinajstić information content (AvgIpc) is 2.53. The summed E-state index contributed by atoms with van der Waals surface area (Å²) in [5, 5.41) is 8.66. The van der Waals surface area contributed by atoms with Crippen LogP contribution in [0.2, 0.25) is 0 Å². The first-order valence-electron chi connectivity index (χ1n) is 6.78. The highest BCUT2D eigenvalue weighted by atomic mass is 32.2. The Labute approximate surface area is 133 Å². The SMILES string of the molecule is COc1ccc(NC(=O)CSC2NCCC(=O)N2)c(OC)c1. The lowest BCUT2D eigenvalue weighted by Crippen LogP contribution is -2.49. The summed E-state index contributed by atoms with van der Waals surface area (Å²) in [6.45, 7) is 0.622. The van der Waals surface area contributed by atoms with E-state index in [0.29, 0.717) is 30.2 Å². The van der Waals surface area contributed by atoms with Gasteiger partial charge < -0.3 is 20.1 Å². The number of carbonyl (C=O) groups excluding carboxylic acids is 2. The highest BCUT2D eigenvalue weighted by Crippen LogP contribution is 2.29. The summed E-state index contributed by atoms with van der Waals surface area (Å²) in [6.07, 6.45) is 0.465. The molecule has 1 aliphatic rings. The largest absolute Gasteiger partial charge is 0.497 e. The van der Waals surface area contributed by atoms with Gasteiger partial charge in [-0.05, 0) is 12.1 Å². The van der Waals surface area contributed by atoms with E-state index >= 15 is 0 Å². The molecule has 0 bridgehead atoms. The number of benzene rings is 1. The van der Waals surface area contributed by atoms with E-state index in [1.807, 2.05) is 0 Å². The van der Waals surface area contributed by atoms with Gasteiger partial charge in [-0.3, -0.25) is 14.9 Å². The average molecular weight is 325 g/mol. The lowest BCUT2D eigenvalue weighted by molar-refractivity contribution is -0.122. The molecule has 0 saturated carbocycles. The third-order valence-electron chi connectivity index (χ3n) is 3.04. The lowest BCUT2D eigenvalue weighted by atomic mass is 10.2. The molecule has 0 radical (unpaired) electrons. The van der Waals surface area contributed by atoms with Gasteiger partial charge in [0, 0.05) is 19.0 Å². The molecule has 3 N–H and O–H groups in total. The van der Waals surface area contributed by atoms with E-state index in [-0.39, 0.29) is 23.1 Å². The summed E-state index contributed by atoms with van der Waals surface area (Å²) in [7, 11) is 3.09. The van der Waals surface area contributed by atoms with E-state index < -0.39 is 0 Å². The first-order chi connectivity index (χ1) is 10.6. The number of anilines is 1. The zero-order valence-electron chi connectivity index (χ0n) is 12.5. The minimum atomic E-state index is -0.232. The lowest BCUT2D eigenvalue weighted by Gasteiger charge is -2.23. The van der Waals surface area contributed by atoms with Crippen LogP contribution >= 0.6 is 11.8 Å². The van der Waals surface area contributed by atoms with Crippen molar-refractivity contribution in [2.24, 2.45) is 0 Å². The van der Waals surface area contributed by atoms with Crippen molar-refractivity contribution in [2.45, 2.75) is 11.9 Å². The Balaban J connectivity index is 1.87. The Hall–Kier alpha value is -1.93. The Morgan fingerprint density at radius 1 is 1.41 bits per heavy atom. The van der Waals surface area contributed by atoms with Gasteiger partial charge in [0.05, 0.1) is 25.7 Å². The molecular formula is C14H19N3O4S. The summed E-state index contributed by atoms with van der Waals surface area (Å²) in [5.41, 5.74) is 0.347. The third kappa shape index (κ3) is 4.54. The molecule has 0 aromatic heterocycles. The van der Waals surface area contributed by atoms with Crippen molar-refractivity contribution >= 4 is 29.3 Å². The van der Waals surface area contributed by atoms with Gasteiger partial charge in [0.15, 0.2) is 0 Å². The van der Waals surface area contributed by atoms with Crippen molar-refractivity contribution in [2.75, 3.05) is 31.8 Å². The fourth-order valence-corrected chi connectivity index (χ4v) is 2.77. The molecule has 1 heterocycles. The van der Waals surface area contributed by atoms with Gasteiger partial charge in [-0.2, -0.15) is 0 Å². The highest BCUT2D eigenvalue weighted by molar-refractivity contribution is 8.00. The second kappa shape index (κ2) is 7.90. The van der Waals surface area contributed by atoms with Crippen LogP contribution in [0.5, 0.6) is 11.5 Å². The minimum absolute atomic E-state index is 0.00604. The number of hydrogen-bond donors (Lipinski definition) is 3. The Morgan fingerprint density at radius 3 is 2.91 bits per heavy atom. The third-order valence-corrected chi connectivity index (χ3v) is 4.08. The summed E-state index contributed by atoms with van der Waals surface area (Å²) < 4.78 is 10.3. The molecule has 22 heavy (non-hydrogen) atoms. The second-order valence-electron chi connectivity index (χ2n) is 4.58. The van der Waals surface area contributed by atoms with Gasteiger partial charge in [0.2, 0.25) is 11.8 Å². The summed E-state index contributed by atoms with van der Waals surface area (Å²) in [4.78, 5) is 23.3. The van der Waals surface area contributed by atoms with E-state index in [4.69, 9.17) is 9.47 Å². The number of hydrogen-bond acceptors (Lipinski definition) is 6. The van der Waals surface area contributed by atoms with Crippen molar-refractivity contribution in [3.05, 3.63) is 18.2 Å². The molecule has 7 nitrogen and oxygen atoms in total. The molecule has 8 heteroatoms. The maximum Gasteiger partial charge on any atom is 0.234 e. The van der Waals surface area contributed by atoms with Gasteiger partial charge in [-0.1, -0.05) is 0 Å². The summed E-state index contributed by atoms with van der Waals surface area (Å²) in [5.74, 6) is 1.22. The number of amides is 2. The summed E-state index contributed by atoms with van der Waals surface area (Å²) in [6, 6.07) is 5.17. The number of rotatable bonds is 6. The van der Waals surface area contributed by atoms with Crippen LogP contribution in [0.1, 0.15) is 6.42 Å². The Kier molecular flexibility index (Phi) is 5.91. The minimum Gasteiger partial charge on any atom is -0.497 e. The van der Waals surface area contributed by atoms with Gasteiger partial charge in [0.25, 0.3) is 0 Å². The number of thioether (sulfide) groups is 1. The van der Waals surface area contributed by atoms with Crippen molar-refractivity contribution in [3.8, 4) is 11.5 Å². The topological polar surface area (TPSA) is 88.7 Å². The van der Waals surface area contributed by atoms with Crippen molar-refractivity contribution in [1.29, 1.82) is 0 Å². The van der Waals surface area contributed by atoms with Crippen LogP contribution in [0.25, 0.3) is 0 Å². The van der Waals surface area contributed by atoms with E-state index in [0.717, 1.165) is 0 Å². The predicted octanol–water partition coefficient (Wildman–Crippen LogP) is 0.769. The molecule has 1 unspecified atom stereocenters. The van der Waals surface area contributed by atoms with E-state index in [2.05, 4.69) is 16.0 Å². The molecule has 1 aromatic carbocycles.